The molecule has 0 saturated heterocycles. The standard InChI is InChI=1S/C12H8N2.3C7H6O3.La/c1-3-9-5-6-10-4-2-8-14-12(10)11(9)13-7-1;3*8-6-4-2-1-3-5(6)7(9)10;/h1-8H;3*1-4,8H,(H,9,10);/q;;;;+3/p-3. The number of rotatable bonds is 3. The number of fused-ring (bicyclic) bond motifs is 3. The number of nitrogens with zero attached hydrogens (tertiary/aromatic N) is 2. The number of aromatic carboxylic acids is 3. The molecule has 45 heavy (non-hydrogen) atoms. The predicted octanol–water partition coefficient (Wildman–Crippen LogP) is 4.16. The molecule has 0 fully saturated rings. The molecule has 0 amide bonds. The number of pyridine rings is 2. The molecule has 0 aliphatic heterocycles. The van der Waals surface area contributed by atoms with Crippen LogP contribution in [-0.2, 0) is 0 Å². The molecule has 12 heteroatoms. The van der Waals surface area contributed by atoms with E-state index in [9.17, 15) is 29.7 Å². The van der Waals surface area contributed by atoms with Gasteiger partial charge in [-0.05, 0) is 30.3 Å². The van der Waals surface area contributed by atoms with Crippen LogP contribution in [0.5, 0.6) is 17.2 Å². The molecular weight excluding hydrogens is 707 g/mol. The van der Waals surface area contributed by atoms with Gasteiger partial charge >= 0.3 is 53.5 Å². The maximum absolute atomic E-state index is 10.7. The van der Waals surface area contributed by atoms with Gasteiger partial charge in [-0.15, -0.1) is 0 Å². The summed E-state index contributed by atoms with van der Waals surface area (Å²) in [5.41, 5.74) is 1.42. The molecule has 0 spiro atoms. The number of hydrogen-bond acceptors (Lipinski definition) is 8. The van der Waals surface area contributed by atoms with E-state index in [0.29, 0.717) is 0 Å². The number of carbonyl (C=O) groups is 3. The van der Waals surface area contributed by atoms with Gasteiger partial charge in [-0.3, -0.25) is 9.97 Å². The first-order chi connectivity index (χ1) is 21.1. The zero-order valence-electron chi connectivity index (χ0n) is 23.3. The Morgan fingerprint density at radius 1 is 0.444 bits per heavy atom. The molecule has 0 aliphatic rings. The molecule has 4 aromatic carbocycles. The Morgan fingerprint density at radius 2 is 0.733 bits per heavy atom. The van der Waals surface area contributed by atoms with Crippen molar-refractivity contribution in [3.05, 3.63) is 138 Å². The van der Waals surface area contributed by atoms with Gasteiger partial charge in [0.1, 0.15) is 0 Å². The summed E-state index contributed by atoms with van der Waals surface area (Å²) in [5, 5.41) is 59.4. The minimum atomic E-state index is -1.18. The Hall–Kier alpha value is -5.30. The van der Waals surface area contributed by atoms with Gasteiger partial charge in [-0.1, -0.05) is 96.1 Å². The van der Waals surface area contributed by atoms with Crippen LogP contribution in [0.4, 0.5) is 0 Å². The number of benzene rings is 4. The molecule has 0 atom stereocenters. The van der Waals surface area contributed by atoms with E-state index < -0.39 is 35.2 Å². The second-order valence-corrected chi connectivity index (χ2v) is 8.62. The second-order valence-electron chi connectivity index (χ2n) is 8.62. The fourth-order valence-electron chi connectivity index (χ4n) is 3.61. The number of hydrogen-bond donors (Lipinski definition) is 3. The van der Waals surface area contributed by atoms with Gasteiger partial charge in [-0.2, -0.15) is 0 Å². The maximum atomic E-state index is 10.7. The largest absolute Gasteiger partial charge is 3.00 e. The Kier molecular flexibility index (Phi) is 14.1. The van der Waals surface area contributed by atoms with E-state index in [1.807, 2.05) is 12.1 Å². The van der Waals surface area contributed by atoms with Gasteiger partial charge in [0.25, 0.3) is 0 Å². The van der Waals surface area contributed by atoms with Crippen molar-refractivity contribution in [3.8, 4) is 17.2 Å². The molecule has 3 N–H and O–H groups in total. The maximum Gasteiger partial charge on any atom is 3.00 e. The Balaban J connectivity index is 0.000000211. The second kappa shape index (κ2) is 17.7. The van der Waals surface area contributed by atoms with E-state index in [-0.39, 0.29) is 52.3 Å². The van der Waals surface area contributed by atoms with Crippen LogP contribution < -0.4 is 15.3 Å². The summed E-state index contributed by atoms with van der Waals surface area (Å²) >= 11 is 0. The Labute approximate surface area is 284 Å². The topological polar surface area (TPSA) is 207 Å². The van der Waals surface area contributed by atoms with E-state index in [2.05, 4.69) is 34.2 Å². The summed E-state index contributed by atoms with van der Waals surface area (Å²) in [6.45, 7) is 0. The Bertz CT molecular complexity index is 1730. The van der Waals surface area contributed by atoms with E-state index in [1.165, 1.54) is 72.8 Å². The summed E-state index contributed by atoms with van der Waals surface area (Å²) in [4.78, 5) is 39.4. The number of carboxylic acids is 3. The zero-order chi connectivity index (χ0) is 32.1. The molecule has 0 radical (unpaired) electrons. The van der Waals surface area contributed by atoms with Crippen LogP contribution >= 0.6 is 0 Å². The minimum absolute atomic E-state index is 0. The van der Waals surface area contributed by atoms with Gasteiger partial charge in [0, 0.05) is 23.2 Å². The number of para-hydroxylation sites is 3. The zero-order valence-corrected chi connectivity index (χ0v) is 26.9. The third-order valence-electron chi connectivity index (χ3n) is 5.70. The van der Waals surface area contributed by atoms with E-state index >= 15 is 0 Å². The quantitative estimate of drug-likeness (QED) is 0.220. The van der Waals surface area contributed by atoms with Gasteiger partial charge in [0.05, 0.1) is 27.7 Å². The molecule has 222 valence electrons. The molecule has 0 aliphatic carbocycles. The van der Waals surface area contributed by atoms with Crippen molar-refractivity contribution < 1.29 is 80.6 Å². The monoisotopic (exact) mass is 730 g/mol. The van der Waals surface area contributed by atoms with Crippen LogP contribution in [0.15, 0.2) is 122 Å². The summed E-state index contributed by atoms with van der Waals surface area (Å²) in [6, 6.07) is 28.7. The van der Waals surface area contributed by atoms with Gasteiger partial charge in [0.15, 0.2) is 0 Å². The third-order valence-corrected chi connectivity index (χ3v) is 5.70. The molecule has 6 rings (SSSR count). The van der Waals surface area contributed by atoms with Crippen molar-refractivity contribution in [1.29, 1.82) is 0 Å². The van der Waals surface area contributed by atoms with E-state index in [1.54, 1.807) is 12.4 Å². The molecule has 6 aromatic rings. The average molecular weight is 730 g/mol. The summed E-state index contributed by atoms with van der Waals surface area (Å²) in [6.07, 6.45) is 3.60. The van der Waals surface area contributed by atoms with Gasteiger partial charge in [-0.25, -0.2) is 14.4 Å². The van der Waals surface area contributed by atoms with Gasteiger partial charge < -0.3 is 30.6 Å². The molecule has 2 aromatic heterocycles. The van der Waals surface area contributed by atoms with E-state index in [4.69, 9.17) is 15.3 Å². The summed E-state index contributed by atoms with van der Waals surface area (Å²) in [5.74, 6) is -4.87. The van der Waals surface area contributed by atoms with Crippen molar-refractivity contribution in [2.75, 3.05) is 0 Å². The average Bonchev–Trinajstić information content (AvgIpc) is 3.02. The number of carboxylic acid groups (broad SMARTS) is 3. The first kappa shape index (κ1) is 35.9. The first-order valence-electron chi connectivity index (χ1n) is 12.7. The van der Waals surface area contributed by atoms with Crippen LogP contribution in [0.2, 0.25) is 0 Å². The molecule has 0 unspecified atom stereocenters. The van der Waals surface area contributed by atoms with Crippen LogP contribution in [0, 0.1) is 35.6 Å². The molecule has 11 nitrogen and oxygen atoms in total. The third kappa shape index (κ3) is 10.4. The summed E-state index contributed by atoms with van der Waals surface area (Å²) in [7, 11) is 0. The molecule has 2 heterocycles. The van der Waals surface area contributed by atoms with Crippen LogP contribution in [-0.4, -0.2) is 43.2 Å². The summed E-state index contributed by atoms with van der Waals surface area (Å²) < 4.78 is 0. The number of aromatic nitrogens is 2. The van der Waals surface area contributed by atoms with Crippen molar-refractivity contribution in [2.24, 2.45) is 0 Å². The van der Waals surface area contributed by atoms with Crippen LogP contribution in [0.25, 0.3) is 21.8 Å². The van der Waals surface area contributed by atoms with Crippen molar-refractivity contribution in [1.82, 2.24) is 9.97 Å². The van der Waals surface area contributed by atoms with Crippen LogP contribution in [0.1, 0.15) is 31.1 Å². The Morgan fingerprint density at radius 3 is 0.978 bits per heavy atom. The first-order valence-corrected chi connectivity index (χ1v) is 12.7. The van der Waals surface area contributed by atoms with Crippen molar-refractivity contribution in [2.45, 2.75) is 0 Å². The smallest absolute Gasteiger partial charge is 0.872 e. The minimum Gasteiger partial charge on any atom is -0.872 e. The van der Waals surface area contributed by atoms with Crippen LogP contribution in [0.3, 0.4) is 0 Å². The van der Waals surface area contributed by atoms with Crippen molar-refractivity contribution in [3.63, 3.8) is 0 Å². The molecule has 0 bridgehead atoms. The normalized spacial score (nSPS) is 9.51. The fraction of sp³-hybridized carbons (Fsp3) is 0. The van der Waals surface area contributed by atoms with Crippen molar-refractivity contribution >= 4 is 39.7 Å². The fourth-order valence-corrected chi connectivity index (χ4v) is 3.61. The molecule has 0 saturated carbocycles. The molecular formula is C33H23LaN2O9. The predicted molar refractivity (Wildman–Crippen MR) is 156 cm³/mol. The SMILES string of the molecule is O=C(O)c1ccccc1[O-].O=C(O)c1ccccc1[O-].O=C(O)c1ccccc1[O-].[La+3].c1cnc2c(c1)ccc1cccnc12. The van der Waals surface area contributed by atoms with E-state index in [0.717, 1.165) is 21.8 Å². The van der Waals surface area contributed by atoms with Gasteiger partial charge in [0.2, 0.25) is 0 Å².